The van der Waals surface area contributed by atoms with Crippen LogP contribution in [0.1, 0.15) is 118 Å². The SMILES string of the molecule is CCCCCCCCCCC(=O)Oc1ccc(-c2ccc(C(=O)Oc3ccc(C(=O)O[C@H](CCCCC)C(F)(F)F)c(F)c3)c(F)c2)cc1. The second kappa shape index (κ2) is 19.7. The van der Waals surface area contributed by atoms with Crippen molar-refractivity contribution in [2.45, 2.75) is 110 Å². The van der Waals surface area contributed by atoms with E-state index in [1.165, 1.54) is 44.2 Å². The number of rotatable bonds is 19. The highest BCUT2D eigenvalue weighted by Gasteiger charge is 2.42. The largest absolute Gasteiger partial charge is 0.449 e. The van der Waals surface area contributed by atoms with Crippen LogP contribution >= 0.6 is 0 Å². The molecule has 0 aliphatic carbocycles. The first kappa shape index (κ1) is 39.2. The molecule has 0 unspecified atom stereocenters. The Morgan fingerprint density at radius 3 is 1.76 bits per heavy atom. The predicted molar refractivity (Wildman–Crippen MR) is 175 cm³/mol. The molecule has 0 bridgehead atoms. The van der Waals surface area contributed by atoms with E-state index < -0.39 is 59.2 Å². The molecule has 0 aromatic heterocycles. The fourth-order valence-electron chi connectivity index (χ4n) is 5.11. The Bertz CT molecular complexity index is 1520. The maximum atomic E-state index is 15.0. The fourth-order valence-corrected chi connectivity index (χ4v) is 5.11. The highest BCUT2D eigenvalue weighted by Crippen LogP contribution is 2.30. The number of carbonyl (C=O) groups excluding carboxylic acids is 3. The summed E-state index contributed by atoms with van der Waals surface area (Å²) < 4.78 is 84.6. The summed E-state index contributed by atoms with van der Waals surface area (Å²) in [5, 5.41) is 0. The highest BCUT2D eigenvalue weighted by molar-refractivity contribution is 5.93. The maximum absolute atomic E-state index is 15.0. The number of alkyl halides is 3. The van der Waals surface area contributed by atoms with Gasteiger partial charge < -0.3 is 14.2 Å². The Balaban J connectivity index is 1.54. The number of unbranched alkanes of at least 4 members (excludes halogenated alkanes) is 9. The fraction of sp³-hybridized carbons (Fsp3) is 0.447. The van der Waals surface area contributed by atoms with Crippen LogP contribution in [0.2, 0.25) is 0 Å². The van der Waals surface area contributed by atoms with Crippen molar-refractivity contribution >= 4 is 17.9 Å². The number of halogens is 5. The van der Waals surface area contributed by atoms with E-state index in [1.807, 2.05) is 6.92 Å². The van der Waals surface area contributed by atoms with Crippen molar-refractivity contribution in [1.82, 2.24) is 0 Å². The molecular weight excluding hydrogens is 647 g/mol. The van der Waals surface area contributed by atoms with E-state index in [4.69, 9.17) is 9.47 Å². The summed E-state index contributed by atoms with van der Waals surface area (Å²) in [5.41, 5.74) is -0.223. The number of carbonyl (C=O) groups is 3. The monoisotopic (exact) mass is 690 g/mol. The van der Waals surface area contributed by atoms with Crippen LogP contribution in [-0.4, -0.2) is 30.2 Å². The smallest absolute Gasteiger partial charge is 0.425 e. The molecule has 0 radical (unpaired) electrons. The van der Waals surface area contributed by atoms with Gasteiger partial charge in [0.1, 0.15) is 23.1 Å². The summed E-state index contributed by atoms with van der Waals surface area (Å²) >= 11 is 0. The molecule has 3 rings (SSSR count). The lowest BCUT2D eigenvalue weighted by atomic mass is 10.0. The molecule has 0 N–H and O–H groups in total. The predicted octanol–water partition coefficient (Wildman–Crippen LogP) is 11.0. The van der Waals surface area contributed by atoms with Gasteiger partial charge in [-0.25, -0.2) is 18.4 Å². The van der Waals surface area contributed by atoms with Gasteiger partial charge in [0.25, 0.3) is 0 Å². The maximum Gasteiger partial charge on any atom is 0.425 e. The molecule has 49 heavy (non-hydrogen) atoms. The molecule has 11 heteroatoms. The van der Waals surface area contributed by atoms with E-state index in [0.29, 0.717) is 42.2 Å². The van der Waals surface area contributed by atoms with Gasteiger partial charge in [-0.2, -0.15) is 13.2 Å². The lowest BCUT2D eigenvalue weighted by Crippen LogP contribution is -2.34. The van der Waals surface area contributed by atoms with Crippen molar-refractivity contribution in [2.24, 2.45) is 0 Å². The van der Waals surface area contributed by atoms with Crippen LogP contribution in [0, 0.1) is 11.6 Å². The molecular formula is C38H43F5O6. The van der Waals surface area contributed by atoms with Crippen LogP contribution in [0.4, 0.5) is 22.0 Å². The lowest BCUT2D eigenvalue weighted by molar-refractivity contribution is -0.206. The first-order valence-electron chi connectivity index (χ1n) is 16.8. The van der Waals surface area contributed by atoms with Crippen molar-refractivity contribution in [2.75, 3.05) is 0 Å². The third kappa shape index (κ3) is 12.9. The second-order valence-electron chi connectivity index (χ2n) is 11.9. The minimum atomic E-state index is -4.82. The molecule has 6 nitrogen and oxygen atoms in total. The molecule has 0 aliphatic rings. The van der Waals surface area contributed by atoms with Crippen LogP contribution in [-0.2, 0) is 9.53 Å². The van der Waals surface area contributed by atoms with Crippen molar-refractivity contribution < 1.29 is 50.5 Å². The standard InChI is InChI=1S/C38H43F5O6/c1-3-5-7-8-9-10-11-13-15-35(44)47-28-19-16-26(17-20-28)27-18-22-30(32(39)24-27)36(45)48-29-21-23-31(33(40)25-29)37(46)49-34(38(41,42)43)14-12-6-4-2/h16-25,34H,3-15H2,1-2H3/t34-/m1/s1. The topological polar surface area (TPSA) is 78.9 Å². The highest BCUT2D eigenvalue weighted by atomic mass is 19.4. The quantitative estimate of drug-likeness (QED) is 0.0539. The van der Waals surface area contributed by atoms with Crippen LogP contribution in [0.5, 0.6) is 11.5 Å². The zero-order valence-electron chi connectivity index (χ0n) is 27.9. The number of hydrogen-bond acceptors (Lipinski definition) is 6. The van der Waals surface area contributed by atoms with Gasteiger partial charge in [0, 0.05) is 12.5 Å². The van der Waals surface area contributed by atoms with Gasteiger partial charge in [-0.1, -0.05) is 89.8 Å². The third-order valence-corrected chi connectivity index (χ3v) is 7.90. The van der Waals surface area contributed by atoms with Crippen LogP contribution in [0.15, 0.2) is 60.7 Å². The van der Waals surface area contributed by atoms with Gasteiger partial charge >= 0.3 is 24.1 Å². The van der Waals surface area contributed by atoms with E-state index in [-0.39, 0.29) is 12.4 Å². The molecule has 3 aromatic carbocycles. The molecule has 0 heterocycles. The summed E-state index contributed by atoms with van der Waals surface area (Å²) in [6, 6.07) is 12.7. The molecule has 0 aliphatic heterocycles. The van der Waals surface area contributed by atoms with E-state index in [0.717, 1.165) is 37.5 Å². The van der Waals surface area contributed by atoms with Gasteiger partial charge in [-0.05, 0) is 66.8 Å². The van der Waals surface area contributed by atoms with Gasteiger partial charge in [-0.3, -0.25) is 4.79 Å². The number of hydrogen-bond donors (Lipinski definition) is 0. The summed E-state index contributed by atoms with van der Waals surface area (Å²) in [6.07, 6.45) is 2.94. The Hall–Kier alpha value is -4.28. The normalized spacial score (nSPS) is 12.0. The van der Waals surface area contributed by atoms with E-state index in [9.17, 15) is 36.3 Å². The van der Waals surface area contributed by atoms with Gasteiger partial charge in [-0.15, -0.1) is 0 Å². The Morgan fingerprint density at radius 1 is 0.612 bits per heavy atom. The van der Waals surface area contributed by atoms with E-state index >= 15 is 0 Å². The second-order valence-corrected chi connectivity index (χ2v) is 11.9. The molecule has 1 atom stereocenters. The van der Waals surface area contributed by atoms with Crippen LogP contribution in [0.3, 0.4) is 0 Å². The minimum absolute atomic E-state index is 0.172. The number of benzene rings is 3. The van der Waals surface area contributed by atoms with Gasteiger partial charge in [0.15, 0.2) is 6.10 Å². The number of ether oxygens (including phenoxy) is 3. The average molecular weight is 691 g/mol. The molecule has 3 aromatic rings. The molecule has 266 valence electrons. The van der Waals surface area contributed by atoms with Crippen molar-refractivity contribution in [3.8, 4) is 22.6 Å². The zero-order chi connectivity index (χ0) is 35.8. The summed E-state index contributed by atoms with van der Waals surface area (Å²) in [6.45, 7) is 3.99. The molecule has 0 saturated carbocycles. The van der Waals surface area contributed by atoms with E-state index in [2.05, 4.69) is 11.7 Å². The molecule has 0 fully saturated rings. The third-order valence-electron chi connectivity index (χ3n) is 7.90. The first-order chi connectivity index (χ1) is 23.4. The van der Waals surface area contributed by atoms with Crippen molar-refractivity contribution in [3.63, 3.8) is 0 Å². The Kier molecular flexibility index (Phi) is 15.7. The summed E-state index contributed by atoms with van der Waals surface area (Å²) in [4.78, 5) is 37.2. The van der Waals surface area contributed by atoms with E-state index in [1.54, 1.807) is 24.3 Å². The Morgan fingerprint density at radius 2 is 1.14 bits per heavy atom. The zero-order valence-corrected chi connectivity index (χ0v) is 27.9. The minimum Gasteiger partial charge on any atom is -0.449 e. The van der Waals surface area contributed by atoms with Crippen LogP contribution in [0.25, 0.3) is 11.1 Å². The summed E-state index contributed by atoms with van der Waals surface area (Å²) in [5.74, 6) is -5.24. The van der Waals surface area contributed by atoms with Crippen molar-refractivity contribution in [3.05, 3.63) is 83.4 Å². The van der Waals surface area contributed by atoms with Crippen molar-refractivity contribution in [1.29, 1.82) is 0 Å². The van der Waals surface area contributed by atoms with Crippen LogP contribution < -0.4 is 9.47 Å². The average Bonchev–Trinajstić information content (AvgIpc) is 3.05. The Labute approximate surface area is 283 Å². The molecule has 0 spiro atoms. The first-order valence-corrected chi connectivity index (χ1v) is 16.8. The van der Waals surface area contributed by atoms with Gasteiger partial charge in [0.2, 0.25) is 0 Å². The molecule has 0 amide bonds. The number of esters is 3. The van der Waals surface area contributed by atoms with Gasteiger partial charge in [0.05, 0.1) is 11.1 Å². The molecule has 0 saturated heterocycles. The summed E-state index contributed by atoms with van der Waals surface area (Å²) in [7, 11) is 0. The lowest BCUT2D eigenvalue weighted by Gasteiger charge is -2.20.